The normalized spacial score (nSPS) is 23.0. The number of ether oxygens (including phenoxy) is 1. The Hall–Kier alpha value is -1.97. The molecule has 29 heavy (non-hydrogen) atoms. The van der Waals surface area contributed by atoms with Gasteiger partial charge in [0.25, 0.3) is 5.56 Å². The fourth-order valence-electron chi connectivity index (χ4n) is 4.37. The second kappa shape index (κ2) is 7.70. The number of para-hydroxylation sites is 1. The lowest BCUT2D eigenvalue weighted by molar-refractivity contribution is -0.142. The van der Waals surface area contributed by atoms with Gasteiger partial charge in [-0.1, -0.05) is 12.1 Å². The molecule has 1 unspecified atom stereocenters. The molecule has 0 spiro atoms. The third-order valence-corrected chi connectivity index (χ3v) is 5.81. The van der Waals surface area contributed by atoms with E-state index >= 15 is 0 Å². The Morgan fingerprint density at radius 2 is 1.97 bits per heavy atom. The fourth-order valence-corrected chi connectivity index (χ4v) is 4.37. The van der Waals surface area contributed by atoms with Gasteiger partial charge in [0.05, 0.1) is 22.5 Å². The number of fused-ring (bicyclic) bond motifs is 1. The van der Waals surface area contributed by atoms with Gasteiger partial charge in [-0.2, -0.15) is 13.2 Å². The molecule has 0 bridgehead atoms. The summed E-state index contributed by atoms with van der Waals surface area (Å²) in [6.07, 6.45) is -2.21. The van der Waals surface area contributed by atoms with Gasteiger partial charge < -0.3 is 9.84 Å². The Balaban J connectivity index is 1.74. The Bertz CT molecular complexity index is 938. The molecule has 158 valence electrons. The number of hydrogen-bond acceptors (Lipinski definition) is 5. The highest BCUT2D eigenvalue weighted by Crippen LogP contribution is 2.35. The summed E-state index contributed by atoms with van der Waals surface area (Å²) in [6, 6.07) is 6.03. The molecular formula is C20H24F3N3O3. The van der Waals surface area contributed by atoms with E-state index in [0.717, 1.165) is 11.0 Å². The van der Waals surface area contributed by atoms with Crippen LogP contribution in [0.4, 0.5) is 13.2 Å². The highest BCUT2D eigenvalue weighted by Gasteiger charge is 2.39. The van der Waals surface area contributed by atoms with Crippen molar-refractivity contribution in [2.24, 2.45) is 0 Å². The van der Waals surface area contributed by atoms with E-state index in [2.05, 4.69) is 4.98 Å². The highest BCUT2D eigenvalue weighted by molar-refractivity contribution is 5.77. The predicted octanol–water partition coefficient (Wildman–Crippen LogP) is 2.64. The summed E-state index contributed by atoms with van der Waals surface area (Å²) in [5, 5.41) is 11.1. The van der Waals surface area contributed by atoms with Crippen LogP contribution in [0.25, 0.3) is 10.9 Å². The van der Waals surface area contributed by atoms with Crippen LogP contribution in [0, 0.1) is 0 Å². The van der Waals surface area contributed by atoms with Crippen molar-refractivity contribution in [3.05, 3.63) is 40.4 Å². The number of nitrogens with zero attached hydrogens (tertiary/aromatic N) is 3. The van der Waals surface area contributed by atoms with Crippen molar-refractivity contribution in [3.8, 4) is 0 Å². The zero-order valence-corrected chi connectivity index (χ0v) is 16.0. The van der Waals surface area contributed by atoms with E-state index in [1.54, 1.807) is 18.2 Å². The molecule has 4 rings (SSSR count). The first-order chi connectivity index (χ1) is 13.8. The van der Waals surface area contributed by atoms with Crippen LogP contribution in [0.3, 0.4) is 0 Å². The van der Waals surface area contributed by atoms with Crippen LogP contribution in [-0.4, -0.2) is 57.6 Å². The van der Waals surface area contributed by atoms with Crippen LogP contribution in [0.2, 0.25) is 0 Å². The SMILES string of the molecule is O=c1c2ccccc2nc(C2CCCN2CC2(O)CCOCC2)n1CC(F)(F)F. The molecule has 2 aliphatic rings. The summed E-state index contributed by atoms with van der Waals surface area (Å²) in [5.74, 6) is 0.124. The van der Waals surface area contributed by atoms with Gasteiger partial charge in [-0.3, -0.25) is 14.3 Å². The van der Waals surface area contributed by atoms with E-state index in [-0.39, 0.29) is 11.2 Å². The largest absolute Gasteiger partial charge is 0.406 e. The summed E-state index contributed by atoms with van der Waals surface area (Å²) in [7, 11) is 0. The van der Waals surface area contributed by atoms with Crippen LogP contribution in [-0.2, 0) is 11.3 Å². The Labute approximate surface area is 165 Å². The molecule has 3 heterocycles. The van der Waals surface area contributed by atoms with Gasteiger partial charge in [-0.05, 0) is 31.5 Å². The van der Waals surface area contributed by atoms with E-state index in [1.807, 2.05) is 4.90 Å². The summed E-state index contributed by atoms with van der Waals surface area (Å²) in [6.45, 7) is 0.518. The molecule has 2 aliphatic heterocycles. The number of rotatable bonds is 4. The van der Waals surface area contributed by atoms with Gasteiger partial charge in [0.15, 0.2) is 0 Å². The minimum Gasteiger partial charge on any atom is -0.388 e. The van der Waals surface area contributed by atoms with Gasteiger partial charge in [0.1, 0.15) is 12.4 Å². The van der Waals surface area contributed by atoms with Crippen molar-refractivity contribution in [3.63, 3.8) is 0 Å². The average molecular weight is 411 g/mol. The standard InChI is InChI=1S/C20H24F3N3O3/c21-20(22,23)13-26-17(24-15-5-2-1-4-14(15)18(26)27)16-6-3-9-25(16)12-19(28)7-10-29-11-8-19/h1-2,4-5,16,28H,3,6-13H2. The maximum Gasteiger partial charge on any atom is 0.406 e. The summed E-state index contributed by atoms with van der Waals surface area (Å²) in [5.41, 5.74) is -1.23. The Morgan fingerprint density at radius 1 is 1.24 bits per heavy atom. The second-order valence-electron chi connectivity index (χ2n) is 7.96. The number of hydrogen-bond donors (Lipinski definition) is 1. The fraction of sp³-hybridized carbons (Fsp3) is 0.600. The van der Waals surface area contributed by atoms with Crippen LogP contribution in [0.15, 0.2) is 29.1 Å². The summed E-state index contributed by atoms with van der Waals surface area (Å²) < 4.78 is 45.9. The van der Waals surface area contributed by atoms with Crippen LogP contribution >= 0.6 is 0 Å². The van der Waals surface area contributed by atoms with Crippen molar-refractivity contribution in [2.45, 2.75) is 50.0 Å². The molecule has 1 N–H and O–H groups in total. The molecule has 6 nitrogen and oxygen atoms in total. The number of aliphatic hydroxyl groups is 1. The summed E-state index contributed by atoms with van der Waals surface area (Å²) in [4.78, 5) is 19.3. The number of aromatic nitrogens is 2. The molecule has 0 radical (unpaired) electrons. The molecule has 1 atom stereocenters. The smallest absolute Gasteiger partial charge is 0.388 e. The van der Waals surface area contributed by atoms with Gasteiger partial charge in [-0.25, -0.2) is 4.98 Å². The number of halogens is 3. The first kappa shape index (κ1) is 20.3. The molecule has 2 fully saturated rings. The van der Waals surface area contributed by atoms with Crippen LogP contribution < -0.4 is 5.56 Å². The number of β-amino-alcohol motifs (C(OH)–C–C–N with tert-alkyl or cyclic N) is 1. The van der Waals surface area contributed by atoms with Crippen molar-refractivity contribution in [1.29, 1.82) is 0 Å². The summed E-state index contributed by atoms with van der Waals surface area (Å²) >= 11 is 0. The lowest BCUT2D eigenvalue weighted by Gasteiger charge is -2.37. The molecule has 2 saturated heterocycles. The van der Waals surface area contributed by atoms with Crippen molar-refractivity contribution in [2.75, 3.05) is 26.3 Å². The van der Waals surface area contributed by atoms with Crippen LogP contribution in [0.1, 0.15) is 37.5 Å². The lowest BCUT2D eigenvalue weighted by Crippen LogP contribution is -2.47. The van der Waals surface area contributed by atoms with Gasteiger partial charge in [0, 0.05) is 32.6 Å². The van der Waals surface area contributed by atoms with Crippen molar-refractivity contribution >= 4 is 10.9 Å². The van der Waals surface area contributed by atoms with Crippen molar-refractivity contribution < 1.29 is 23.0 Å². The van der Waals surface area contributed by atoms with E-state index in [4.69, 9.17) is 4.74 Å². The molecule has 0 saturated carbocycles. The minimum atomic E-state index is -4.54. The lowest BCUT2D eigenvalue weighted by atomic mass is 9.93. The third-order valence-electron chi connectivity index (χ3n) is 5.81. The average Bonchev–Trinajstić information content (AvgIpc) is 3.11. The molecule has 9 heteroatoms. The first-order valence-corrected chi connectivity index (χ1v) is 9.86. The zero-order valence-electron chi connectivity index (χ0n) is 16.0. The van der Waals surface area contributed by atoms with Crippen molar-refractivity contribution in [1.82, 2.24) is 14.5 Å². The molecular weight excluding hydrogens is 387 g/mol. The molecule has 1 aromatic heterocycles. The quantitative estimate of drug-likeness (QED) is 0.838. The third kappa shape index (κ3) is 4.31. The van der Waals surface area contributed by atoms with Gasteiger partial charge in [0.2, 0.25) is 0 Å². The van der Waals surface area contributed by atoms with Gasteiger partial charge in [-0.15, -0.1) is 0 Å². The topological polar surface area (TPSA) is 67.6 Å². The molecule has 0 aliphatic carbocycles. The monoisotopic (exact) mass is 411 g/mol. The van der Waals surface area contributed by atoms with E-state index in [1.165, 1.54) is 6.07 Å². The number of benzene rings is 1. The highest BCUT2D eigenvalue weighted by atomic mass is 19.4. The second-order valence-corrected chi connectivity index (χ2v) is 7.96. The minimum absolute atomic E-state index is 0.124. The maximum absolute atomic E-state index is 13.3. The molecule has 2 aromatic rings. The first-order valence-electron chi connectivity index (χ1n) is 9.86. The Morgan fingerprint density at radius 3 is 2.69 bits per heavy atom. The molecule has 0 amide bonds. The van der Waals surface area contributed by atoms with E-state index < -0.39 is 29.9 Å². The number of alkyl halides is 3. The maximum atomic E-state index is 13.3. The van der Waals surface area contributed by atoms with Gasteiger partial charge >= 0.3 is 6.18 Å². The number of likely N-dealkylation sites (tertiary alicyclic amines) is 1. The van der Waals surface area contributed by atoms with E-state index in [0.29, 0.717) is 51.1 Å². The van der Waals surface area contributed by atoms with E-state index in [9.17, 15) is 23.1 Å². The molecule has 1 aromatic carbocycles. The van der Waals surface area contributed by atoms with Crippen LogP contribution in [0.5, 0.6) is 0 Å². The Kier molecular flexibility index (Phi) is 5.39. The predicted molar refractivity (Wildman–Crippen MR) is 101 cm³/mol. The zero-order chi connectivity index (χ0) is 20.6.